The Balaban J connectivity index is 1.87. The van der Waals surface area contributed by atoms with Gasteiger partial charge in [-0.1, -0.05) is 18.1 Å². The van der Waals surface area contributed by atoms with Crippen LogP contribution in [0.1, 0.15) is 45.4 Å². The van der Waals surface area contributed by atoms with Gasteiger partial charge in [0.15, 0.2) is 0 Å². The van der Waals surface area contributed by atoms with E-state index in [0.717, 1.165) is 24.8 Å². The van der Waals surface area contributed by atoms with E-state index in [1.54, 1.807) is 18.0 Å². The average molecular weight is 376 g/mol. The number of carbonyl (C=O) groups is 3. The van der Waals surface area contributed by atoms with Crippen molar-refractivity contribution >= 4 is 17.8 Å². The lowest BCUT2D eigenvalue weighted by atomic mass is 9.84. The average Bonchev–Trinajstić information content (AvgIpc) is 2.63. The third-order valence-corrected chi connectivity index (χ3v) is 5.05. The van der Waals surface area contributed by atoms with Crippen LogP contribution in [0.15, 0.2) is 34.8 Å². The molecule has 2 aliphatic rings. The Hall–Kier alpha value is -2.57. The second kappa shape index (κ2) is 9.39. The lowest BCUT2D eigenvalue weighted by molar-refractivity contribution is -0.140. The largest absolute Gasteiger partial charge is 0.469 e. The second-order valence-corrected chi connectivity index (χ2v) is 6.97. The summed E-state index contributed by atoms with van der Waals surface area (Å²) in [5.41, 5.74) is 7.68. The predicted molar refractivity (Wildman–Crippen MR) is 100.0 cm³/mol. The zero-order valence-electron chi connectivity index (χ0n) is 16.2. The molecular formula is C20H28N2O5. The maximum atomic E-state index is 12.5. The number of esters is 2. The van der Waals surface area contributed by atoms with Gasteiger partial charge in [-0.15, -0.1) is 0 Å². The van der Waals surface area contributed by atoms with Crippen LogP contribution in [0.5, 0.6) is 0 Å². The van der Waals surface area contributed by atoms with Crippen LogP contribution < -0.4 is 5.73 Å². The number of rotatable bonds is 8. The van der Waals surface area contributed by atoms with Crippen molar-refractivity contribution in [3.8, 4) is 0 Å². The van der Waals surface area contributed by atoms with E-state index in [2.05, 4.69) is 4.74 Å². The molecule has 0 bridgehead atoms. The normalized spacial score (nSPS) is 18.9. The minimum absolute atomic E-state index is 0.0265. The molecule has 0 saturated heterocycles. The number of nitrogens with zero attached hydrogens (tertiary/aromatic N) is 1. The molecule has 27 heavy (non-hydrogen) atoms. The first-order valence-electron chi connectivity index (χ1n) is 9.23. The maximum absolute atomic E-state index is 12.5. The van der Waals surface area contributed by atoms with E-state index in [-0.39, 0.29) is 24.2 Å². The van der Waals surface area contributed by atoms with Gasteiger partial charge in [-0.3, -0.25) is 9.59 Å². The van der Waals surface area contributed by atoms with E-state index in [0.29, 0.717) is 36.4 Å². The number of carbonyl (C=O) groups excluding carboxylic acids is 3. The molecule has 2 rings (SSSR count). The van der Waals surface area contributed by atoms with E-state index in [1.807, 2.05) is 13.0 Å². The lowest BCUT2D eigenvalue weighted by Gasteiger charge is -2.30. The van der Waals surface area contributed by atoms with Crippen molar-refractivity contribution in [2.45, 2.75) is 45.4 Å². The minimum atomic E-state index is -0.468. The predicted octanol–water partition coefficient (Wildman–Crippen LogP) is 2.19. The fraction of sp³-hybridized carbons (Fsp3) is 0.550. The van der Waals surface area contributed by atoms with Gasteiger partial charge in [0.05, 0.1) is 13.5 Å². The van der Waals surface area contributed by atoms with Gasteiger partial charge >= 0.3 is 11.9 Å². The molecule has 0 aromatic rings. The van der Waals surface area contributed by atoms with Crippen LogP contribution in [0.4, 0.5) is 0 Å². The number of hydrogen-bond donors (Lipinski definition) is 1. The van der Waals surface area contributed by atoms with Crippen molar-refractivity contribution in [1.82, 2.24) is 4.90 Å². The molecule has 0 spiro atoms. The van der Waals surface area contributed by atoms with Crippen LogP contribution in [-0.2, 0) is 23.9 Å². The monoisotopic (exact) mass is 376 g/mol. The first-order chi connectivity index (χ1) is 12.8. The van der Waals surface area contributed by atoms with E-state index in [4.69, 9.17) is 10.5 Å². The third-order valence-electron chi connectivity index (χ3n) is 5.05. The topological polar surface area (TPSA) is 98.9 Å². The highest BCUT2D eigenvalue weighted by Crippen LogP contribution is 2.37. The lowest BCUT2D eigenvalue weighted by Crippen LogP contribution is -2.32. The Kier molecular flexibility index (Phi) is 7.21. The fourth-order valence-electron chi connectivity index (χ4n) is 3.24. The summed E-state index contributed by atoms with van der Waals surface area (Å²) in [5.74, 6) is -0.267. The summed E-state index contributed by atoms with van der Waals surface area (Å²) < 4.78 is 10.00. The molecular weight excluding hydrogens is 348 g/mol. The third kappa shape index (κ3) is 5.45. The zero-order valence-corrected chi connectivity index (χ0v) is 16.2. The number of methoxy groups -OCH3 is 1. The first kappa shape index (κ1) is 20.7. The molecule has 7 heteroatoms. The number of ether oxygens (including phenoxy) is 2. The van der Waals surface area contributed by atoms with Crippen molar-refractivity contribution in [3.63, 3.8) is 0 Å². The number of fused-ring (bicyclic) bond motifs is 1. The molecule has 0 fully saturated rings. The minimum Gasteiger partial charge on any atom is -0.469 e. The fourth-order valence-corrected chi connectivity index (χ4v) is 3.24. The molecule has 0 aromatic heterocycles. The summed E-state index contributed by atoms with van der Waals surface area (Å²) in [5, 5.41) is 0. The van der Waals surface area contributed by atoms with Crippen molar-refractivity contribution in [1.29, 1.82) is 0 Å². The SMILES string of the molecule is COC(=O)CCCCCN(C)C(=O)CC1=C(C)C2CC=C(N)C=C2OC1=O. The maximum Gasteiger partial charge on any atom is 0.339 e. The molecule has 1 aliphatic carbocycles. The Labute approximate surface area is 159 Å². The van der Waals surface area contributed by atoms with E-state index < -0.39 is 5.97 Å². The highest BCUT2D eigenvalue weighted by Gasteiger charge is 2.33. The number of hydrogen-bond acceptors (Lipinski definition) is 6. The summed E-state index contributed by atoms with van der Waals surface area (Å²) >= 11 is 0. The van der Waals surface area contributed by atoms with E-state index >= 15 is 0 Å². The van der Waals surface area contributed by atoms with Crippen molar-refractivity contribution < 1.29 is 23.9 Å². The van der Waals surface area contributed by atoms with Gasteiger partial charge in [-0.25, -0.2) is 4.79 Å². The van der Waals surface area contributed by atoms with Gasteiger partial charge in [0.25, 0.3) is 0 Å². The van der Waals surface area contributed by atoms with Gasteiger partial charge in [0.1, 0.15) is 5.76 Å². The van der Waals surface area contributed by atoms with E-state index in [1.165, 1.54) is 7.11 Å². The Morgan fingerprint density at radius 3 is 2.78 bits per heavy atom. The Bertz CT molecular complexity index is 705. The van der Waals surface area contributed by atoms with Crippen molar-refractivity contribution in [2.75, 3.05) is 20.7 Å². The first-order valence-corrected chi connectivity index (χ1v) is 9.23. The molecule has 1 amide bonds. The number of unbranched alkanes of at least 4 members (excludes halogenated alkanes) is 2. The van der Waals surface area contributed by atoms with Gasteiger partial charge in [0.2, 0.25) is 5.91 Å². The van der Waals surface area contributed by atoms with Crippen LogP contribution in [0.3, 0.4) is 0 Å². The van der Waals surface area contributed by atoms with Crippen LogP contribution in [0.25, 0.3) is 0 Å². The number of amides is 1. The summed E-state index contributed by atoms with van der Waals surface area (Å²) in [6, 6.07) is 0. The van der Waals surface area contributed by atoms with Crippen LogP contribution >= 0.6 is 0 Å². The standard InChI is InChI=1S/C20H28N2O5/c1-13-15-9-8-14(21)11-17(15)27-20(25)16(13)12-18(23)22(2)10-6-4-5-7-19(24)26-3/h8,11,15H,4-7,9-10,12,21H2,1-3H3. The van der Waals surface area contributed by atoms with Crippen molar-refractivity contribution in [3.05, 3.63) is 34.8 Å². The molecule has 0 aromatic carbocycles. The second-order valence-electron chi connectivity index (χ2n) is 6.97. The van der Waals surface area contributed by atoms with Crippen molar-refractivity contribution in [2.24, 2.45) is 11.7 Å². The highest BCUT2D eigenvalue weighted by atomic mass is 16.5. The van der Waals surface area contributed by atoms with Crippen LogP contribution in [0.2, 0.25) is 0 Å². The van der Waals surface area contributed by atoms with E-state index in [9.17, 15) is 14.4 Å². The number of allylic oxidation sites excluding steroid dienone is 3. The van der Waals surface area contributed by atoms with Gasteiger partial charge in [-0.05, 0) is 32.3 Å². The number of nitrogens with two attached hydrogens (primary N) is 1. The molecule has 1 heterocycles. The molecule has 2 N–H and O–H groups in total. The smallest absolute Gasteiger partial charge is 0.339 e. The zero-order chi connectivity index (χ0) is 20.0. The quantitative estimate of drug-likeness (QED) is 0.515. The molecule has 1 atom stereocenters. The molecule has 7 nitrogen and oxygen atoms in total. The molecule has 1 unspecified atom stereocenters. The van der Waals surface area contributed by atoms with Gasteiger partial charge in [0, 0.05) is 37.2 Å². The Morgan fingerprint density at radius 1 is 1.33 bits per heavy atom. The highest BCUT2D eigenvalue weighted by molar-refractivity contribution is 5.97. The van der Waals surface area contributed by atoms with Gasteiger partial charge in [-0.2, -0.15) is 0 Å². The molecule has 0 radical (unpaired) electrons. The molecule has 1 aliphatic heterocycles. The molecule has 0 saturated carbocycles. The summed E-state index contributed by atoms with van der Waals surface area (Å²) in [7, 11) is 3.10. The summed E-state index contributed by atoms with van der Waals surface area (Å²) in [4.78, 5) is 37.5. The summed E-state index contributed by atoms with van der Waals surface area (Å²) in [6.45, 7) is 2.46. The molecule has 148 valence electrons. The summed E-state index contributed by atoms with van der Waals surface area (Å²) in [6.07, 6.45) is 7.03. The van der Waals surface area contributed by atoms with Crippen LogP contribution in [-0.4, -0.2) is 43.4 Å². The van der Waals surface area contributed by atoms with Crippen LogP contribution in [0, 0.1) is 5.92 Å². The van der Waals surface area contributed by atoms with Gasteiger partial charge < -0.3 is 20.1 Å². The Morgan fingerprint density at radius 2 is 2.07 bits per heavy atom.